The largest absolute Gasteiger partial charge is 0.510 e. The van der Waals surface area contributed by atoms with Gasteiger partial charge in [-0.2, -0.15) is 13.2 Å². The van der Waals surface area contributed by atoms with Crippen LogP contribution in [0.4, 0.5) is 24.5 Å². The smallest absolute Gasteiger partial charge is 0.399 e. The molecule has 0 amide bonds. The number of benzene rings is 2. The molecule has 0 heterocycles. The Morgan fingerprint density at radius 1 is 1.04 bits per heavy atom. The van der Waals surface area contributed by atoms with Gasteiger partial charge in [0.15, 0.2) is 0 Å². The molecule has 5 nitrogen and oxygen atoms in total. The lowest BCUT2D eigenvalue weighted by molar-refractivity contribution is -0.0471. The molecule has 2 aromatic carbocycles. The molecule has 0 bridgehead atoms. The molecule has 1 atom stereocenters. The van der Waals surface area contributed by atoms with Crippen LogP contribution >= 0.6 is 0 Å². The summed E-state index contributed by atoms with van der Waals surface area (Å²) >= 11 is -3.35. The van der Waals surface area contributed by atoms with Crippen LogP contribution in [0.15, 0.2) is 78.1 Å². The fraction of sp³-hybridized carbons (Fsp3) is 0.211. The fourth-order valence-electron chi connectivity index (χ4n) is 1.37. The molecule has 2 rings (SSSR count). The first-order valence-electron chi connectivity index (χ1n) is 7.97. The number of rotatable bonds is 4. The number of alkyl halides is 3. The van der Waals surface area contributed by atoms with E-state index in [1.54, 1.807) is 0 Å². The van der Waals surface area contributed by atoms with E-state index in [9.17, 15) is 17.4 Å². The van der Waals surface area contributed by atoms with Crippen LogP contribution in [0.2, 0.25) is 0 Å². The standard InChI is InChI=1S/C9H11N.C6H7N.C4H6F3NO2S/c1-8(2)10-9-6-4-3-5-7-9;7-6-4-2-1-3-5-6;1-3(2)8-10-11(9)4(5,6)7/h3-7,10H,1H2,2H3;1-5H,7H2;1-2H3. The van der Waals surface area contributed by atoms with Crippen LogP contribution in [0.3, 0.4) is 0 Å². The number of hydrogen-bond donors (Lipinski definition) is 2. The second kappa shape index (κ2) is 13.4. The number of halogens is 3. The van der Waals surface area contributed by atoms with Crippen LogP contribution in [-0.4, -0.2) is 15.4 Å². The first-order valence-corrected chi connectivity index (χ1v) is 9.05. The van der Waals surface area contributed by atoms with Crippen LogP contribution in [0.5, 0.6) is 0 Å². The number of allylic oxidation sites excluding steroid dienone is 1. The Hall–Kier alpha value is -2.81. The number of hydrogen-bond acceptors (Lipinski definition) is 5. The summed E-state index contributed by atoms with van der Waals surface area (Å²) in [7, 11) is 0. The van der Waals surface area contributed by atoms with Crippen LogP contribution in [0.25, 0.3) is 0 Å². The van der Waals surface area contributed by atoms with Gasteiger partial charge in [-0.1, -0.05) is 48.1 Å². The minimum atomic E-state index is -4.86. The maximum atomic E-state index is 11.4. The number of nitrogens with zero attached hydrogens (tertiary/aromatic N) is 1. The first-order chi connectivity index (χ1) is 13.0. The third-order valence-corrected chi connectivity index (χ3v) is 3.00. The third kappa shape index (κ3) is 14.4. The predicted molar refractivity (Wildman–Crippen MR) is 110 cm³/mol. The second-order valence-corrected chi connectivity index (χ2v) is 6.56. The normalized spacial score (nSPS) is 10.8. The SMILES string of the molecule is C=C(C)Nc1ccccc1.CC(C)=NOS(=O)C(F)(F)F.Nc1ccccc1. The van der Waals surface area contributed by atoms with Gasteiger partial charge in [-0.25, -0.2) is 4.21 Å². The second-order valence-electron chi connectivity index (χ2n) is 5.48. The van der Waals surface area contributed by atoms with E-state index in [1.165, 1.54) is 13.8 Å². The zero-order valence-electron chi connectivity index (χ0n) is 15.9. The summed E-state index contributed by atoms with van der Waals surface area (Å²) in [5.74, 6) is 0. The number of nitrogens with two attached hydrogens (primary N) is 1. The van der Waals surface area contributed by atoms with Crippen molar-refractivity contribution >= 4 is 28.2 Å². The van der Waals surface area contributed by atoms with Gasteiger partial charge in [0.1, 0.15) is 0 Å². The molecule has 0 aliphatic carbocycles. The molecule has 0 saturated carbocycles. The lowest BCUT2D eigenvalue weighted by Gasteiger charge is -2.02. The van der Waals surface area contributed by atoms with Gasteiger partial charge in [-0.15, -0.1) is 0 Å². The molecule has 0 saturated heterocycles. The number of nitrogen functional groups attached to an aromatic ring is 1. The predicted octanol–water partition coefficient (Wildman–Crippen LogP) is 5.48. The van der Waals surface area contributed by atoms with Gasteiger partial charge >= 0.3 is 16.6 Å². The van der Waals surface area contributed by atoms with E-state index in [2.05, 4.69) is 21.3 Å². The Balaban J connectivity index is 0.000000399. The summed E-state index contributed by atoms with van der Waals surface area (Å²) in [6.07, 6.45) is 0. The number of anilines is 2. The van der Waals surface area contributed by atoms with Crippen molar-refractivity contribution in [3.63, 3.8) is 0 Å². The molecule has 28 heavy (non-hydrogen) atoms. The summed E-state index contributed by atoms with van der Waals surface area (Å²) in [6, 6.07) is 19.5. The maximum absolute atomic E-state index is 11.4. The summed E-state index contributed by atoms with van der Waals surface area (Å²) in [6.45, 7) is 8.53. The highest BCUT2D eigenvalue weighted by atomic mass is 32.2. The zero-order chi connectivity index (χ0) is 21.6. The summed E-state index contributed by atoms with van der Waals surface area (Å²) in [4.78, 5) is 0. The Morgan fingerprint density at radius 3 is 1.82 bits per heavy atom. The number of para-hydroxylation sites is 2. The molecule has 0 fully saturated rings. The lowest BCUT2D eigenvalue weighted by atomic mass is 10.3. The van der Waals surface area contributed by atoms with Crippen LogP contribution in [0, 0.1) is 0 Å². The van der Waals surface area contributed by atoms with E-state index in [0.717, 1.165) is 17.1 Å². The Kier molecular flexibility index (Phi) is 12.0. The molecule has 9 heteroatoms. The van der Waals surface area contributed by atoms with Crippen LogP contribution in [-0.2, 0) is 15.4 Å². The molecular formula is C19H24F3N3O2S. The molecular weight excluding hydrogens is 391 g/mol. The highest BCUT2D eigenvalue weighted by Crippen LogP contribution is 2.20. The number of nitrogens with one attached hydrogen (secondary N) is 1. The minimum Gasteiger partial charge on any atom is -0.399 e. The van der Waals surface area contributed by atoms with Gasteiger partial charge in [0, 0.05) is 17.1 Å². The average Bonchev–Trinajstić information content (AvgIpc) is 2.61. The molecule has 2 aromatic rings. The van der Waals surface area contributed by atoms with Gasteiger partial charge in [0.2, 0.25) is 0 Å². The van der Waals surface area contributed by atoms with Gasteiger partial charge in [-0.05, 0) is 45.0 Å². The minimum absolute atomic E-state index is 0.266. The van der Waals surface area contributed by atoms with Crippen molar-refractivity contribution in [2.75, 3.05) is 11.1 Å². The molecule has 0 aliphatic rings. The molecule has 0 aliphatic heterocycles. The van der Waals surface area contributed by atoms with Crippen molar-refractivity contribution in [2.24, 2.45) is 5.16 Å². The Morgan fingerprint density at radius 2 is 1.50 bits per heavy atom. The first kappa shape index (κ1) is 25.2. The molecule has 1 unspecified atom stereocenters. The van der Waals surface area contributed by atoms with Crippen molar-refractivity contribution in [2.45, 2.75) is 26.3 Å². The van der Waals surface area contributed by atoms with Crippen molar-refractivity contribution in [1.82, 2.24) is 0 Å². The quantitative estimate of drug-likeness (QED) is 0.394. The maximum Gasteiger partial charge on any atom is 0.510 e. The van der Waals surface area contributed by atoms with E-state index >= 15 is 0 Å². The molecule has 3 N–H and O–H groups in total. The number of oxime groups is 1. The molecule has 154 valence electrons. The van der Waals surface area contributed by atoms with E-state index in [4.69, 9.17) is 5.73 Å². The van der Waals surface area contributed by atoms with Gasteiger partial charge in [-0.3, -0.25) is 4.28 Å². The van der Waals surface area contributed by atoms with E-state index < -0.39 is 16.6 Å². The van der Waals surface area contributed by atoms with E-state index in [1.807, 2.05) is 67.6 Å². The van der Waals surface area contributed by atoms with Gasteiger partial charge in [0.05, 0.1) is 5.71 Å². The molecule has 0 spiro atoms. The Labute approximate surface area is 165 Å². The monoisotopic (exact) mass is 415 g/mol. The average molecular weight is 415 g/mol. The fourth-order valence-corrected chi connectivity index (χ4v) is 1.67. The van der Waals surface area contributed by atoms with Crippen LogP contribution < -0.4 is 11.1 Å². The topological polar surface area (TPSA) is 76.7 Å². The zero-order valence-corrected chi connectivity index (χ0v) is 16.7. The van der Waals surface area contributed by atoms with Gasteiger partial charge in [0.25, 0.3) is 0 Å². The van der Waals surface area contributed by atoms with Crippen molar-refractivity contribution in [3.8, 4) is 0 Å². The lowest BCUT2D eigenvalue weighted by Crippen LogP contribution is -2.16. The van der Waals surface area contributed by atoms with Gasteiger partial charge < -0.3 is 11.1 Å². The molecule has 0 aromatic heterocycles. The van der Waals surface area contributed by atoms with E-state index in [0.29, 0.717) is 0 Å². The van der Waals surface area contributed by atoms with E-state index in [-0.39, 0.29) is 5.71 Å². The Bertz CT molecular complexity index is 748. The van der Waals surface area contributed by atoms with Crippen molar-refractivity contribution in [1.29, 1.82) is 0 Å². The summed E-state index contributed by atoms with van der Waals surface area (Å²) < 4.78 is 47.8. The third-order valence-electron chi connectivity index (χ3n) is 2.41. The van der Waals surface area contributed by atoms with Crippen molar-refractivity contribution in [3.05, 3.63) is 72.9 Å². The van der Waals surface area contributed by atoms with Crippen LogP contribution in [0.1, 0.15) is 20.8 Å². The highest BCUT2D eigenvalue weighted by Gasteiger charge is 2.40. The molecule has 0 radical (unpaired) electrons. The van der Waals surface area contributed by atoms with Crippen molar-refractivity contribution < 1.29 is 21.7 Å². The summed E-state index contributed by atoms with van der Waals surface area (Å²) in [5.41, 5.74) is 3.64. The summed E-state index contributed by atoms with van der Waals surface area (Å²) in [5, 5.41) is 6.00. The highest BCUT2D eigenvalue weighted by molar-refractivity contribution is 7.81.